The van der Waals surface area contributed by atoms with Crippen LogP contribution in [0.4, 0.5) is 17.1 Å². The fraction of sp³-hybridized carbons (Fsp3) is 0.192. The number of hydrogen-bond acceptors (Lipinski definition) is 5. The summed E-state index contributed by atoms with van der Waals surface area (Å²) < 4.78 is 0. The normalized spacial score (nSPS) is 10.4. The molecule has 3 rings (SSSR count). The molecule has 8 heteroatoms. The first-order chi connectivity index (χ1) is 16.3. The summed E-state index contributed by atoms with van der Waals surface area (Å²) in [6.45, 7) is 4.48. The highest BCUT2D eigenvalue weighted by Gasteiger charge is 2.06. The van der Waals surface area contributed by atoms with Crippen molar-refractivity contribution in [3.8, 4) is 0 Å². The fourth-order valence-electron chi connectivity index (χ4n) is 3.21. The molecule has 0 bridgehead atoms. The van der Waals surface area contributed by atoms with Crippen LogP contribution in [-0.4, -0.2) is 17.7 Å². The molecule has 0 saturated carbocycles. The van der Waals surface area contributed by atoms with E-state index in [2.05, 4.69) is 22.0 Å². The van der Waals surface area contributed by atoms with Crippen LogP contribution in [0.25, 0.3) is 0 Å². The summed E-state index contributed by atoms with van der Waals surface area (Å²) in [6.07, 6.45) is 0. The Labute approximate surface area is 208 Å². The summed E-state index contributed by atoms with van der Waals surface area (Å²) in [5, 5.41) is 8.43. The molecule has 0 atom stereocenters. The molecular formula is C26H27N3O3S2. The zero-order valence-electron chi connectivity index (χ0n) is 19.3. The molecule has 0 spiro atoms. The fourth-order valence-corrected chi connectivity index (χ4v) is 4.87. The quantitative estimate of drug-likeness (QED) is 0.311. The molecule has 0 aliphatic heterocycles. The van der Waals surface area contributed by atoms with Crippen molar-refractivity contribution in [1.29, 1.82) is 0 Å². The monoisotopic (exact) mass is 493 g/mol. The first-order valence-corrected chi connectivity index (χ1v) is 12.7. The predicted octanol–water partition coefficient (Wildman–Crippen LogP) is 6.15. The molecule has 0 saturated heterocycles. The number of thioether (sulfide) groups is 2. The molecule has 3 aromatic rings. The molecule has 3 N–H and O–H groups in total. The number of carbonyl (C=O) groups is 3. The summed E-state index contributed by atoms with van der Waals surface area (Å²) in [6, 6.07) is 21.6. The van der Waals surface area contributed by atoms with Gasteiger partial charge < -0.3 is 16.0 Å². The minimum atomic E-state index is -0.106. The van der Waals surface area contributed by atoms with E-state index in [1.54, 1.807) is 23.5 Å². The average molecular weight is 494 g/mol. The Balaban J connectivity index is 1.67. The zero-order valence-corrected chi connectivity index (χ0v) is 20.9. The van der Waals surface area contributed by atoms with Gasteiger partial charge in [-0.25, -0.2) is 0 Å². The average Bonchev–Trinajstić information content (AvgIpc) is 2.77. The van der Waals surface area contributed by atoms with E-state index in [4.69, 9.17) is 0 Å². The van der Waals surface area contributed by atoms with Gasteiger partial charge in [0.2, 0.25) is 17.7 Å². The van der Waals surface area contributed by atoms with E-state index in [0.29, 0.717) is 0 Å². The maximum Gasteiger partial charge on any atom is 0.221 e. The number of anilines is 3. The third kappa shape index (κ3) is 8.61. The van der Waals surface area contributed by atoms with E-state index in [1.807, 2.05) is 60.7 Å². The van der Waals surface area contributed by atoms with Crippen molar-refractivity contribution in [1.82, 2.24) is 0 Å². The van der Waals surface area contributed by atoms with Crippen LogP contribution in [0.5, 0.6) is 0 Å². The molecule has 0 unspecified atom stereocenters. The van der Waals surface area contributed by atoms with Crippen LogP contribution >= 0.6 is 23.5 Å². The van der Waals surface area contributed by atoms with Crippen LogP contribution in [0.3, 0.4) is 0 Å². The van der Waals surface area contributed by atoms with Crippen LogP contribution in [-0.2, 0) is 25.9 Å². The highest BCUT2D eigenvalue weighted by molar-refractivity contribution is 7.98. The standard InChI is InChI=1S/C26H27N3O3S2/c1-17(30)27-22-4-8-25(9-5-22)33-15-20-12-21(14-24(13-20)29-19(3)32)16-34-26-10-6-23(7-11-26)28-18(2)31/h4-14H,15-16H2,1-3H3,(H,27,30)(H,28,31)(H,29,32). The smallest absolute Gasteiger partial charge is 0.221 e. The second-order valence-corrected chi connectivity index (χ2v) is 9.81. The molecule has 0 fully saturated rings. The summed E-state index contributed by atoms with van der Waals surface area (Å²) >= 11 is 3.38. The maximum atomic E-state index is 11.6. The Hall–Kier alpha value is -3.23. The Morgan fingerprint density at radius 3 is 1.26 bits per heavy atom. The van der Waals surface area contributed by atoms with Crippen molar-refractivity contribution >= 4 is 58.3 Å². The van der Waals surface area contributed by atoms with Gasteiger partial charge in [-0.1, -0.05) is 6.07 Å². The predicted molar refractivity (Wildman–Crippen MR) is 141 cm³/mol. The summed E-state index contributed by atoms with van der Waals surface area (Å²) in [5.74, 6) is 1.20. The molecular weight excluding hydrogens is 466 g/mol. The molecule has 0 radical (unpaired) electrons. The van der Waals surface area contributed by atoms with Crippen LogP contribution in [0.1, 0.15) is 31.9 Å². The van der Waals surface area contributed by atoms with E-state index >= 15 is 0 Å². The SMILES string of the molecule is CC(=O)Nc1ccc(SCc2cc(CSc3ccc(NC(C)=O)cc3)cc(NC(C)=O)c2)cc1. The van der Waals surface area contributed by atoms with Crippen LogP contribution in [0.15, 0.2) is 76.5 Å². The van der Waals surface area contributed by atoms with Crippen molar-refractivity contribution in [2.24, 2.45) is 0 Å². The maximum absolute atomic E-state index is 11.6. The van der Waals surface area contributed by atoms with Gasteiger partial charge in [0.05, 0.1) is 0 Å². The first kappa shape index (κ1) is 25.4. The molecule has 0 aliphatic carbocycles. The lowest BCUT2D eigenvalue weighted by atomic mass is 10.1. The number of rotatable bonds is 9. The Bertz CT molecular complexity index is 1080. The molecule has 176 valence electrons. The molecule has 6 nitrogen and oxygen atoms in total. The minimum Gasteiger partial charge on any atom is -0.326 e. The molecule has 3 amide bonds. The summed E-state index contributed by atoms with van der Waals surface area (Å²) in [4.78, 5) is 36.2. The van der Waals surface area contributed by atoms with Crippen molar-refractivity contribution in [3.63, 3.8) is 0 Å². The minimum absolute atomic E-state index is 0.0933. The molecule has 0 aliphatic rings. The third-order valence-corrected chi connectivity index (χ3v) is 6.70. The lowest BCUT2D eigenvalue weighted by Gasteiger charge is -2.11. The number of amides is 3. The van der Waals surface area contributed by atoms with Gasteiger partial charge in [0.15, 0.2) is 0 Å². The molecule has 3 aromatic carbocycles. The van der Waals surface area contributed by atoms with Crippen LogP contribution in [0, 0.1) is 0 Å². The Kier molecular flexibility index (Phi) is 9.18. The number of hydrogen-bond donors (Lipinski definition) is 3. The van der Waals surface area contributed by atoms with Crippen molar-refractivity contribution in [2.75, 3.05) is 16.0 Å². The van der Waals surface area contributed by atoms with Crippen LogP contribution < -0.4 is 16.0 Å². The Morgan fingerprint density at radius 2 is 0.912 bits per heavy atom. The van der Waals surface area contributed by atoms with E-state index in [1.165, 1.54) is 20.8 Å². The number of benzene rings is 3. The highest BCUT2D eigenvalue weighted by Crippen LogP contribution is 2.29. The first-order valence-electron chi connectivity index (χ1n) is 10.7. The van der Waals surface area contributed by atoms with E-state index in [0.717, 1.165) is 49.5 Å². The summed E-state index contributed by atoms with van der Waals surface area (Å²) in [7, 11) is 0. The Morgan fingerprint density at radius 1 is 0.559 bits per heavy atom. The van der Waals surface area contributed by atoms with Crippen molar-refractivity contribution in [2.45, 2.75) is 42.1 Å². The lowest BCUT2D eigenvalue weighted by Crippen LogP contribution is -2.06. The second kappa shape index (κ2) is 12.3. The van der Waals surface area contributed by atoms with Gasteiger partial charge in [0, 0.05) is 59.1 Å². The largest absolute Gasteiger partial charge is 0.326 e. The van der Waals surface area contributed by atoms with Gasteiger partial charge in [0.1, 0.15) is 0 Å². The van der Waals surface area contributed by atoms with Crippen molar-refractivity contribution < 1.29 is 14.4 Å². The molecule has 0 aromatic heterocycles. The van der Waals surface area contributed by atoms with E-state index in [-0.39, 0.29) is 17.7 Å². The van der Waals surface area contributed by atoms with Gasteiger partial charge in [-0.2, -0.15) is 0 Å². The number of carbonyl (C=O) groups excluding carboxylic acids is 3. The lowest BCUT2D eigenvalue weighted by molar-refractivity contribution is -0.115. The van der Waals surface area contributed by atoms with Gasteiger partial charge in [-0.05, 0) is 71.8 Å². The molecule has 34 heavy (non-hydrogen) atoms. The van der Waals surface area contributed by atoms with Crippen molar-refractivity contribution in [3.05, 3.63) is 77.9 Å². The summed E-state index contributed by atoms with van der Waals surface area (Å²) in [5.41, 5.74) is 4.55. The third-order valence-electron chi connectivity index (χ3n) is 4.53. The van der Waals surface area contributed by atoms with E-state index < -0.39 is 0 Å². The number of nitrogens with one attached hydrogen (secondary N) is 3. The highest BCUT2D eigenvalue weighted by atomic mass is 32.2. The van der Waals surface area contributed by atoms with Gasteiger partial charge in [-0.3, -0.25) is 14.4 Å². The second-order valence-electron chi connectivity index (χ2n) is 7.71. The van der Waals surface area contributed by atoms with Crippen LogP contribution in [0.2, 0.25) is 0 Å². The van der Waals surface area contributed by atoms with Gasteiger partial charge in [0.25, 0.3) is 0 Å². The molecule has 0 heterocycles. The topological polar surface area (TPSA) is 87.3 Å². The van der Waals surface area contributed by atoms with Gasteiger partial charge in [-0.15, -0.1) is 23.5 Å². The zero-order chi connectivity index (χ0) is 24.5. The van der Waals surface area contributed by atoms with E-state index in [9.17, 15) is 14.4 Å². The van der Waals surface area contributed by atoms with Gasteiger partial charge >= 0.3 is 0 Å².